The second-order valence-electron chi connectivity index (χ2n) is 7.30. The molecule has 0 aliphatic rings. The quantitative estimate of drug-likeness (QED) is 0.441. The molecule has 0 aliphatic heterocycles. The number of rotatable bonds is 9. The normalized spacial score (nSPS) is 12.0. The third-order valence-electron chi connectivity index (χ3n) is 4.97. The van der Waals surface area contributed by atoms with Crippen LogP contribution >= 0.6 is 0 Å². The second-order valence-corrected chi connectivity index (χ2v) is 8.98. The monoisotopic (exact) mass is 470 g/mol. The van der Waals surface area contributed by atoms with Crippen molar-refractivity contribution >= 4 is 21.6 Å². The van der Waals surface area contributed by atoms with Crippen LogP contribution in [0.3, 0.4) is 0 Å². The van der Waals surface area contributed by atoms with Gasteiger partial charge in [-0.05, 0) is 66.6 Å². The molecule has 9 heteroatoms. The predicted molar refractivity (Wildman–Crippen MR) is 125 cm³/mol. The van der Waals surface area contributed by atoms with Crippen molar-refractivity contribution in [3.63, 3.8) is 0 Å². The van der Waals surface area contributed by atoms with E-state index in [4.69, 9.17) is 9.47 Å². The SMILES string of the molecule is COc1ccc(CNC(=O)c2ccc(NS(=O)(=O)c3ccc(C(C)O)cc3)cc2)cc1OC. The number of ether oxygens (including phenoxy) is 2. The van der Waals surface area contributed by atoms with Crippen molar-refractivity contribution < 1.29 is 27.8 Å². The highest BCUT2D eigenvalue weighted by molar-refractivity contribution is 7.92. The van der Waals surface area contributed by atoms with Crippen molar-refractivity contribution in [3.8, 4) is 11.5 Å². The van der Waals surface area contributed by atoms with Gasteiger partial charge in [0.05, 0.1) is 25.2 Å². The smallest absolute Gasteiger partial charge is 0.261 e. The predicted octanol–water partition coefficient (Wildman–Crippen LogP) is 3.49. The van der Waals surface area contributed by atoms with Crippen molar-refractivity contribution in [2.75, 3.05) is 18.9 Å². The van der Waals surface area contributed by atoms with Crippen molar-refractivity contribution in [3.05, 3.63) is 83.4 Å². The van der Waals surface area contributed by atoms with Gasteiger partial charge in [-0.25, -0.2) is 8.42 Å². The lowest BCUT2D eigenvalue weighted by Gasteiger charge is -2.11. The van der Waals surface area contributed by atoms with Crippen molar-refractivity contribution in [2.45, 2.75) is 24.5 Å². The Morgan fingerprint density at radius 3 is 2.15 bits per heavy atom. The number of sulfonamides is 1. The lowest BCUT2D eigenvalue weighted by molar-refractivity contribution is 0.0951. The number of methoxy groups -OCH3 is 2. The van der Waals surface area contributed by atoms with Gasteiger partial charge in [0.15, 0.2) is 11.5 Å². The molecule has 1 unspecified atom stereocenters. The fourth-order valence-electron chi connectivity index (χ4n) is 3.10. The van der Waals surface area contributed by atoms with E-state index in [-0.39, 0.29) is 17.3 Å². The summed E-state index contributed by atoms with van der Waals surface area (Å²) in [6.07, 6.45) is -0.680. The molecule has 0 saturated carbocycles. The van der Waals surface area contributed by atoms with Gasteiger partial charge in [-0.1, -0.05) is 18.2 Å². The highest BCUT2D eigenvalue weighted by Gasteiger charge is 2.15. The number of benzene rings is 3. The van der Waals surface area contributed by atoms with E-state index in [1.54, 1.807) is 57.5 Å². The molecule has 3 rings (SSSR count). The lowest BCUT2D eigenvalue weighted by Crippen LogP contribution is -2.22. The van der Waals surface area contributed by atoms with E-state index in [1.807, 2.05) is 6.07 Å². The first-order chi connectivity index (χ1) is 15.7. The first kappa shape index (κ1) is 24.1. The third-order valence-corrected chi connectivity index (χ3v) is 6.37. The van der Waals surface area contributed by atoms with Crippen LogP contribution in [0.25, 0.3) is 0 Å². The summed E-state index contributed by atoms with van der Waals surface area (Å²) in [5, 5.41) is 12.4. The summed E-state index contributed by atoms with van der Waals surface area (Å²) in [7, 11) is -0.708. The molecule has 0 spiro atoms. The number of anilines is 1. The molecule has 0 aliphatic carbocycles. The maximum Gasteiger partial charge on any atom is 0.261 e. The van der Waals surface area contributed by atoms with Gasteiger partial charge >= 0.3 is 0 Å². The lowest BCUT2D eigenvalue weighted by atomic mass is 10.1. The topological polar surface area (TPSA) is 114 Å². The van der Waals surface area contributed by atoms with Crippen LogP contribution in [0, 0.1) is 0 Å². The number of aliphatic hydroxyl groups excluding tert-OH is 1. The van der Waals surface area contributed by atoms with E-state index in [0.29, 0.717) is 28.3 Å². The summed E-state index contributed by atoms with van der Waals surface area (Å²) >= 11 is 0. The summed E-state index contributed by atoms with van der Waals surface area (Å²) in [6, 6.07) is 17.5. The summed E-state index contributed by atoms with van der Waals surface area (Å²) in [6.45, 7) is 1.89. The van der Waals surface area contributed by atoms with E-state index in [0.717, 1.165) is 5.56 Å². The molecule has 3 N–H and O–H groups in total. The van der Waals surface area contributed by atoms with Crippen LogP contribution in [0.5, 0.6) is 11.5 Å². The number of aliphatic hydroxyl groups is 1. The molecule has 0 radical (unpaired) electrons. The zero-order chi connectivity index (χ0) is 24.0. The first-order valence-corrected chi connectivity index (χ1v) is 11.6. The Kier molecular flexibility index (Phi) is 7.57. The van der Waals surface area contributed by atoms with Crippen LogP contribution in [0.2, 0.25) is 0 Å². The molecule has 1 atom stereocenters. The standard InChI is InChI=1S/C24H26N2O6S/c1-16(27)18-7-11-21(12-8-18)33(29,30)26-20-9-5-19(6-10-20)24(28)25-15-17-4-13-22(31-2)23(14-17)32-3/h4-14,16,26-27H,15H2,1-3H3,(H,25,28). The zero-order valence-electron chi connectivity index (χ0n) is 18.5. The van der Waals surface area contributed by atoms with Crippen LogP contribution < -0.4 is 19.5 Å². The van der Waals surface area contributed by atoms with Crippen molar-refractivity contribution in [2.24, 2.45) is 0 Å². The minimum absolute atomic E-state index is 0.0728. The minimum atomic E-state index is -3.80. The summed E-state index contributed by atoms with van der Waals surface area (Å²) in [5.41, 5.74) is 2.18. The van der Waals surface area contributed by atoms with E-state index in [1.165, 1.54) is 24.3 Å². The molecule has 1 amide bonds. The molecule has 8 nitrogen and oxygen atoms in total. The van der Waals surface area contributed by atoms with E-state index in [2.05, 4.69) is 10.0 Å². The average Bonchev–Trinajstić information content (AvgIpc) is 2.82. The molecule has 3 aromatic carbocycles. The number of carbonyl (C=O) groups is 1. The van der Waals surface area contributed by atoms with Gasteiger partial charge < -0.3 is 19.9 Å². The molecule has 0 bridgehead atoms. The largest absolute Gasteiger partial charge is 0.493 e. The van der Waals surface area contributed by atoms with E-state index < -0.39 is 16.1 Å². The zero-order valence-corrected chi connectivity index (χ0v) is 19.3. The molecule has 0 aromatic heterocycles. The average molecular weight is 471 g/mol. The van der Waals surface area contributed by atoms with Crippen LogP contribution in [-0.4, -0.2) is 33.7 Å². The molecule has 0 saturated heterocycles. The second kappa shape index (κ2) is 10.4. The van der Waals surface area contributed by atoms with Crippen LogP contribution in [0.4, 0.5) is 5.69 Å². The van der Waals surface area contributed by atoms with Gasteiger partial charge in [0, 0.05) is 17.8 Å². The Labute approximate surface area is 193 Å². The van der Waals surface area contributed by atoms with E-state index in [9.17, 15) is 18.3 Å². The number of hydrogen-bond donors (Lipinski definition) is 3. The fraction of sp³-hybridized carbons (Fsp3) is 0.208. The molecule has 174 valence electrons. The van der Waals surface area contributed by atoms with Crippen LogP contribution in [0.15, 0.2) is 71.6 Å². The van der Waals surface area contributed by atoms with Gasteiger partial charge in [0.25, 0.3) is 15.9 Å². The summed E-state index contributed by atoms with van der Waals surface area (Å²) in [4.78, 5) is 12.5. The number of hydrogen-bond acceptors (Lipinski definition) is 6. The van der Waals surface area contributed by atoms with Crippen molar-refractivity contribution in [1.82, 2.24) is 5.32 Å². The maximum absolute atomic E-state index is 12.6. The Bertz CT molecular complexity index is 1210. The van der Waals surface area contributed by atoms with Gasteiger partial charge in [-0.3, -0.25) is 9.52 Å². The minimum Gasteiger partial charge on any atom is -0.493 e. The third kappa shape index (κ3) is 6.03. The highest BCUT2D eigenvalue weighted by Crippen LogP contribution is 2.27. The first-order valence-electron chi connectivity index (χ1n) is 10.1. The molecular weight excluding hydrogens is 444 g/mol. The summed E-state index contributed by atoms with van der Waals surface area (Å²) < 4.78 is 38.1. The molecule has 0 heterocycles. The maximum atomic E-state index is 12.6. The van der Waals surface area contributed by atoms with Crippen LogP contribution in [-0.2, 0) is 16.6 Å². The van der Waals surface area contributed by atoms with Gasteiger partial charge in [-0.15, -0.1) is 0 Å². The highest BCUT2D eigenvalue weighted by atomic mass is 32.2. The van der Waals surface area contributed by atoms with Gasteiger partial charge in [-0.2, -0.15) is 0 Å². The summed E-state index contributed by atoms with van der Waals surface area (Å²) in [5.74, 6) is 0.874. The van der Waals surface area contributed by atoms with Gasteiger partial charge in [0.2, 0.25) is 0 Å². The fourth-order valence-corrected chi connectivity index (χ4v) is 4.16. The Morgan fingerprint density at radius 2 is 1.58 bits per heavy atom. The molecule has 0 fully saturated rings. The number of carbonyl (C=O) groups excluding carboxylic acids is 1. The molecule has 33 heavy (non-hydrogen) atoms. The van der Waals surface area contributed by atoms with Crippen molar-refractivity contribution in [1.29, 1.82) is 0 Å². The molecular formula is C24H26N2O6S. The van der Waals surface area contributed by atoms with Gasteiger partial charge in [0.1, 0.15) is 0 Å². The Morgan fingerprint density at radius 1 is 0.939 bits per heavy atom. The number of amides is 1. The van der Waals surface area contributed by atoms with Crippen LogP contribution in [0.1, 0.15) is 34.5 Å². The Balaban J connectivity index is 1.63. The molecule has 3 aromatic rings. The Hall–Kier alpha value is -3.56. The number of nitrogens with one attached hydrogen (secondary N) is 2. The van der Waals surface area contributed by atoms with E-state index >= 15 is 0 Å².